The summed E-state index contributed by atoms with van der Waals surface area (Å²) < 4.78 is 0. The minimum atomic E-state index is 0.00621. The number of hydrogen-bond donors (Lipinski definition) is 2. The van der Waals surface area contributed by atoms with Gasteiger partial charge in [-0.3, -0.25) is 9.69 Å². The average molecular weight is 288 g/mol. The van der Waals surface area contributed by atoms with Crippen molar-refractivity contribution in [2.75, 3.05) is 19.7 Å². The molecule has 0 spiro atoms. The van der Waals surface area contributed by atoms with Crippen molar-refractivity contribution < 1.29 is 9.90 Å². The Hall–Kier alpha value is -1.39. The van der Waals surface area contributed by atoms with Gasteiger partial charge in [0.25, 0.3) is 0 Å². The molecule has 4 heteroatoms. The van der Waals surface area contributed by atoms with E-state index in [0.717, 1.165) is 38.9 Å². The largest absolute Gasteiger partial charge is 0.396 e. The molecule has 114 valence electrons. The van der Waals surface area contributed by atoms with Crippen LogP contribution < -0.4 is 5.32 Å². The van der Waals surface area contributed by atoms with Crippen LogP contribution in [0.4, 0.5) is 0 Å². The normalized spacial score (nSPS) is 19.3. The molecular weight excluding hydrogens is 264 g/mol. The quantitative estimate of drug-likeness (QED) is 0.802. The van der Waals surface area contributed by atoms with Gasteiger partial charge in [-0.25, -0.2) is 0 Å². The highest BCUT2D eigenvalue weighted by molar-refractivity contribution is 5.75. The molecular formula is C17H24N2O2. The highest BCUT2D eigenvalue weighted by Gasteiger charge is 2.41. The van der Waals surface area contributed by atoms with Crippen LogP contribution in [0.25, 0.3) is 0 Å². The molecule has 1 saturated carbocycles. The summed E-state index contributed by atoms with van der Waals surface area (Å²) in [5.41, 5.74) is 2.84. The van der Waals surface area contributed by atoms with Gasteiger partial charge < -0.3 is 10.4 Å². The van der Waals surface area contributed by atoms with E-state index in [9.17, 15) is 9.90 Å². The van der Waals surface area contributed by atoms with Crippen LogP contribution in [0.5, 0.6) is 0 Å². The Morgan fingerprint density at radius 2 is 1.90 bits per heavy atom. The Morgan fingerprint density at radius 1 is 1.24 bits per heavy atom. The predicted octanol–water partition coefficient (Wildman–Crippen LogP) is 1.67. The number of carbonyl (C=O) groups is 1. The Balaban J connectivity index is 1.33. The second-order valence-electron chi connectivity index (χ2n) is 6.52. The molecule has 1 aromatic rings. The lowest BCUT2D eigenvalue weighted by molar-refractivity contribution is -0.121. The summed E-state index contributed by atoms with van der Waals surface area (Å²) in [5, 5.41) is 12.2. The van der Waals surface area contributed by atoms with Gasteiger partial charge in [0.1, 0.15) is 0 Å². The maximum absolute atomic E-state index is 11.8. The van der Waals surface area contributed by atoms with E-state index in [2.05, 4.69) is 34.5 Å². The molecule has 0 bridgehead atoms. The monoisotopic (exact) mass is 288 g/mol. The van der Waals surface area contributed by atoms with Crippen LogP contribution in [0.3, 0.4) is 0 Å². The minimum Gasteiger partial charge on any atom is -0.396 e. The number of carbonyl (C=O) groups excluding carboxylic acids is 1. The highest BCUT2D eigenvalue weighted by atomic mass is 16.3. The Bertz CT molecular complexity index is 486. The standard InChI is InChI=1S/C17H24N2O2/c20-13-17(7-8-17)12-18-16(21)6-3-9-19-10-14-4-1-2-5-15(14)11-19/h1-2,4-5,20H,3,6-13H2,(H,18,21). The number of aliphatic hydroxyl groups excluding tert-OH is 1. The van der Waals surface area contributed by atoms with Crippen LogP contribution in [0.1, 0.15) is 36.8 Å². The van der Waals surface area contributed by atoms with E-state index < -0.39 is 0 Å². The SMILES string of the molecule is O=C(CCCN1Cc2ccccc2C1)NCC1(CO)CC1. The van der Waals surface area contributed by atoms with Crippen molar-refractivity contribution in [2.24, 2.45) is 5.41 Å². The van der Waals surface area contributed by atoms with Gasteiger partial charge in [0, 0.05) is 31.5 Å². The van der Waals surface area contributed by atoms with E-state index in [-0.39, 0.29) is 17.9 Å². The molecule has 0 unspecified atom stereocenters. The summed E-state index contributed by atoms with van der Waals surface area (Å²) in [6, 6.07) is 8.55. The fraction of sp³-hybridized carbons (Fsp3) is 0.588. The lowest BCUT2D eigenvalue weighted by atomic mass is 10.1. The first-order valence-electron chi connectivity index (χ1n) is 7.87. The van der Waals surface area contributed by atoms with E-state index in [1.165, 1.54) is 11.1 Å². The second kappa shape index (κ2) is 6.16. The van der Waals surface area contributed by atoms with Crippen molar-refractivity contribution in [3.05, 3.63) is 35.4 Å². The summed E-state index contributed by atoms with van der Waals surface area (Å²) in [4.78, 5) is 14.2. The van der Waals surface area contributed by atoms with E-state index in [4.69, 9.17) is 0 Å². The molecule has 2 N–H and O–H groups in total. The van der Waals surface area contributed by atoms with Gasteiger partial charge in [-0.15, -0.1) is 0 Å². The Kier molecular flexibility index (Phi) is 4.27. The number of nitrogens with zero attached hydrogens (tertiary/aromatic N) is 1. The van der Waals surface area contributed by atoms with Crippen molar-refractivity contribution in [3.63, 3.8) is 0 Å². The molecule has 1 aliphatic carbocycles. The maximum Gasteiger partial charge on any atom is 0.220 e. The van der Waals surface area contributed by atoms with Crippen molar-refractivity contribution in [1.82, 2.24) is 10.2 Å². The van der Waals surface area contributed by atoms with Gasteiger partial charge in [0.2, 0.25) is 5.91 Å². The average Bonchev–Trinajstić information content (AvgIpc) is 3.17. The summed E-state index contributed by atoms with van der Waals surface area (Å²) in [5.74, 6) is 0.117. The molecule has 3 rings (SSSR count). The predicted molar refractivity (Wildman–Crippen MR) is 81.6 cm³/mol. The van der Waals surface area contributed by atoms with Crippen LogP contribution in [-0.2, 0) is 17.9 Å². The van der Waals surface area contributed by atoms with E-state index >= 15 is 0 Å². The maximum atomic E-state index is 11.8. The smallest absolute Gasteiger partial charge is 0.220 e. The molecule has 1 amide bonds. The third-order valence-corrected chi connectivity index (χ3v) is 4.74. The molecule has 4 nitrogen and oxygen atoms in total. The molecule has 0 atom stereocenters. The van der Waals surface area contributed by atoms with Crippen molar-refractivity contribution in [2.45, 2.75) is 38.8 Å². The van der Waals surface area contributed by atoms with Crippen molar-refractivity contribution >= 4 is 5.91 Å². The number of rotatable bonds is 7. The molecule has 0 radical (unpaired) electrons. The van der Waals surface area contributed by atoms with Crippen LogP contribution >= 0.6 is 0 Å². The molecule has 21 heavy (non-hydrogen) atoms. The number of hydrogen-bond acceptors (Lipinski definition) is 3. The number of aliphatic hydroxyl groups is 1. The molecule has 0 saturated heterocycles. The second-order valence-corrected chi connectivity index (χ2v) is 6.52. The molecule has 1 heterocycles. The van der Waals surface area contributed by atoms with Crippen molar-refractivity contribution in [1.29, 1.82) is 0 Å². The molecule has 1 aromatic carbocycles. The lowest BCUT2D eigenvalue weighted by Gasteiger charge is -2.15. The zero-order valence-corrected chi connectivity index (χ0v) is 12.5. The van der Waals surface area contributed by atoms with E-state index in [1.54, 1.807) is 0 Å². The molecule has 1 fully saturated rings. The zero-order chi connectivity index (χ0) is 14.7. The first-order chi connectivity index (χ1) is 10.2. The summed E-state index contributed by atoms with van der Waals surface area (Å²) in [7, 11) is 0. The van der Waals surface area contributed by atoms with E-state index in [1.807, 2.05) is 0 Å². The Morgan fingerprint density at radius 3 is 2.48 bits per heavy atom. The fourth-order valence-corrected chi connectivity index (χ4v) is 2.97. The minimum absolute atomic E-state index is 0.00621. The van der Waals surface area contributed by atoms with Gasteiger partial charge in [-0.05, 0) is 36.9 Å². The fourth-order valence-electron chi connectivity index (χ4n) is 2.97. The topological polar surface area (TPSA) is 52.6 Å². The van der Waals surface area contributed by atoms with Crippen molar-refractivity contribution in [3.8, 4) is 0 Å². The first kappa shape index (κ1) is 14.5. The summed E-state index contributed by atoms with van der Waals surface area (Å²) in [6.45, 7) is 3.81. The van der Waals surface area contributed by atoms with Crippen LogP contribution in [0.15, 0.2) is 24.3 Å². The molecule has 0 aromatic heterocycles. The molecule has 1 aliphatic heterocycles. The van der Waals surface area contributed by atoms with Gasteiger partial charge in [-0.1, -0.05) is 24.3 Å². The number of fused-ring (bicyclic) bond motifs is 1. The van der Waals surface area contributed by atoms with Crippen LogP contribution in [0.2, 0.25) is 0 Å². The number of nitrogens with one attached hydrogen (secondary N) is 1. The summed E-state index contributed by atoms with van der Waals surface area (Å²) in [6.07, 6.45) is 3.55. The van der Waals surface area contributed by atoms with Gasteiger partial charge in [0.15, 0.2) is 0 Å². The highest BCUT2D eigenvalue weighted by Crippen LogP contribution is 2.44. The first-order valence-corrected chi connectivity index (χ1v) is 7.87. The van der Waals surface area contributed by atoms with Crippen LogP contribution in [0, 0.1) is 5.41 Å². The third-order valence-electron chi connectivity index (χ3n) is 4.74. The van der Waals surface area contributed by atoms with Gasteiger partial charge in [-0.2, -0.15) is 0 Å². The van der Waals surface area contributed by atoms with E-state index in [0.29, 0.717) is 13.0 Å². The number of benzene rings is 1. The third kappa shape index (κ3) is 3.63. The van der Waals surface area contributed by atoms with Gasteiger partial charge in [0.05, 0.1) is 6.61 Å². The molecule has 2 aliphatic rings. The lowest BCUT2D eigenvalue weighted by Crippen LogP contribution is -2.32. The zero-order valence-electron chi connectivity index (χ0n) is 12.5. The number of amides is 1. The van der Waals surface area contributed by atoms with Crippen LogP contribution in [-0.4, -0.2) is 35.6 Å². The van der Waals surface area contributed by atoms with Gasteiger partial charge >= 0.3 is 0 Å². The summed E-state index contributed by atoms with van der Waals surface area (Å²) >= 11 is 0. The Labute approximate surface area is 126 Å².